The van der Waals surface area contributed by atoms with Crippen molar-refractivity contribution in [1.29, 1.82) is 0 Å². The first-order valence-corrected chi connectivity index (χ1v) is 7.38. The van der Waals surface area contributed by atoms with E-state index < -0.39 is 0 Å². The zero-order valence-corrected chi connectivity index (χ0v) is 12.5. The predicted octanol–water partition coefficient (Wildman–Crippen LogP) is 2.29. The van der Waals surface area contributed by atoms with Crippen molar-refractivity contribution in [1.82, 2.24) is 4.90 Å². The van der Waals surface area contributed by atoms with Gasteiger partial charge in [-0.15, -0.1) is 0 Å². The second kappa shape index (κ2) is 6.33. The minimum Gasteiger partial charge on any atom is -0.368 e. The van der Waals surface area contributed by atoms with Crippen LogP contribution in [0.15, 0.2) is 30.3 Å². The van der Waals surface area contributed by atoms with Crippen LogP contribution in [0.5, 0.6) is 0 Å². The van der Waals surface area contributed by atoms with Crippen molar-refractivity contribution in [2.45, 2.75) is 19.1 Å². The van der Waals surface area contributed by atoms with Gasteiger partial charge in [0, 0.05) is 31.9 Å². The first-order chi connectivity index (χ1) is 9.09. The second-order valence-electron chi connectivity index (χ2n) is 5.34. The van der Waals surface area contributed by atoms with Crippen LogP contribution in [0.2, 0.25) is 0 Å². The standard InChI is InChI=1S/C15H22N2OS/c1-12(2)14(19)15(18)17-10-8-16(9-11-17)13-6-4-3-5-7-13/h3-7,12,14,19H,8-11H2,1-2H3. The molecule has 1 aromatic rings. The number of nitrogens with zero attached hydrogens (tertiary/aromatic N) is 2. The fourth-order valence-electron chi connectivity index (χ4n) is 2.30. The molecule has 1 unspecified atom stereocenters. The Morgan fingerprint density at radius 1 is 1.11 bits per heavy atom. The fraction of sp³-hybridized carbons (Fsp3) is 0.533. The van der Waals surface area contributed by atoms with Gasteiger partial charge in [-0.05, 0) is 18.1 Å². The second-order valence-corrected chi connectivity index (χ2v) is 5.89. The largest absolute Gasteiger partial charge is 0.368 e. The number of amides is 1. The molecule has 1 aromatic carbocycles. The van der Waals surface area contributed by atoms with Crippen molar-refractivity contribution in [2.24, 2.45) is 5.92 Å². The number of thiol groups is 1. The molecule has 0 radical (unpaired) electrons. The lowest BCUT2D eigenvalue weighted by atomic mass is 10.1. The highest BCUT2D eigenvalue weighted by Gasteiger charge is 2.26. The van der Waals surface area contributed by atoms with Gasteiger partial charge in [-0.1, -0.05) is 32.0 Å². The molecule has 0 N–H and O–H groups in total. The highest BCUT2D eigenvalue weighted by molar-refractivity contribution is 7.81. The number of para-hydroxylation sites is 1. The molecule has 0 aromatic heterocycles. The average molecular weight is 278 g/mol. The molecule has 19 heavy (non-hydrogen) atoms. The van der Waals surface area contributed by atoms with Gasteiger partial charge < -0.3 is 9.80 Å². The summed E-state index contributed by atoms with van der Waals surface area (Å²) in [5, 5.41) is -0.178. The first kappa shape index (κ1) is 14.3. The number of benzene rings is 1. The molecule has 1 aliphatic heterocycles. The minimum atomic E-state index is -0.178. The molecule has 0 saturated carbocycles. The Balaban J connectivity index is 1.91. The van der Waals surface area contributed by atoms with Gasteiger partial charge in [-0.2, -0.15) is 12.6 Å². The third-order valence-corrected chi connectivity index (χ3v) is 4.41. The third kappa shape index (κ3) is 3.44. The Bertz CT molecular complexity index is 413. The Morgan fingerprint density at radius 3 is 2.21 bits per heavy atom. The van der Waals surface area contributed by atoms with E-state index in [1.165, 1.54) is 5.69 Å². The average Bonchev–Trinajstić information content (AvgIpc) is 2.46. The number of anilines is 1. The van der Waals surface area contributed by atoms with Crippen molar-refractivity contribution in [2.75, 3.05) is 31.1 Å². The maximum absolute atomic E-state index is 12.2. The molecule has 104 valence electrons. The smallest absolute Gasteiger partial charge is 0.235 e. The highest BCUT2D eigenvalue weighted by atomic mass is 32.1. The Kier molecular flexibility index (Phi) is 4.75. The van der Waals surface area contributed by atoms with Crippen LogP contribution in [-0.2, 0) is 4.79 Å². The van der Waals surface area contributed by atoms with Crippen LogP contribution < -0.4 is 4.90 Å². The van der Waals surface area contributed by atoms with Crippen molar-refractivity contribution in [3.63, 3.8) is 0 Å². The summed E-state index contributed by atoms with van der Waals surface area (Å²) in [6, 6.07) is 10.4. The summed E-state index contributed by atoms with van der Waals surface area (Å²) in [6.45, 7) is 7.45. The molecule has 0 aliphatic carbocycles. The van der Waals surface area contributed by atoms with Crippen LogP contribution in [0.4, 0.5) is 5.69 Å². The van der Waals surface area contributed by atoms with E-state index in [9.17, 15) is 4.79 Å². The van der Waals surface area contributed by atoms with Crippen LogP contribution in [0, 0.1) is 5.92 Å². The molecule has 1 heterocycles. The van der Waals surface area contributed by atoms with Gasteiger partial charge in [0.1, 0.15) is 0 Å². The summed E-state index contributed by atoms with van der Waals surface area (Å²) >= 11 is 4.42. The topological polar surface area (TPSA) is 23.6 Å². The number of piperazine rings is 1. The quantitative estimate of drug-likeness (QED) is 0.858. The zero-order valence-electron chi connectivity index (χ0n) is 11.6. The van der Waals surface area contributed by atoms with Crippen LogP contribution >= 0.6 is 12.6 Å². The van der Waals surface area contributed by atoms with E-state index in [0.29, 0.717) is 0 Å². The van der Waals surface area contributed by atoms with E-state index in [2.05, 4.69) is 41.8 Å². The van der Waals surface area contributed by atoms with E-state index in [1.54, 1.807) is 0 Å². The first-order valence-electron chi connectivity index (χ1n) is 6.86. The summed E-state index contributed by atoms with van der Waals surface area (Å²) < 4.78 is 0. The monoisotopic (exact) mass is 278 g/mol. The van der Waals surface area contributed by atoms with E-state index >= 15 is 0 Å². The molecule has 4 heteroatoms. The van der Waals surface area contributed by atoms with Crippen LogP contribution in [-0.4, -0.2) is 42.2 Å². The predicted molar refractivity (Wildman–Crippen MR) is 82.8 cm³/mol. The maximum Gasteiger partial charge on any atom is 0.235 e. The normalized spacial score (nSPS) is 17.7. The van der Waals surface area contributed by atoms with Gasteiger partial charge in [-0.3, -0.25) is 4.79 Å². The Hall–Kier alpha value is -1.16. The molecule has 1 amide bonds. The van der Waals surface area contributed by atoms with Crippen molar-refractivity contribution >= 4 is 24.2 Å². The highest BCUT2D eigenvalue weighted by Crippen LogP contribution is 2.18. The Labute approximate surface area is 121 Å². The van der Waals surface area contributed by atoms with Crippen molar-refractivity contribution in [3.8, 4) is 0 Å². The molecule has 0 bridgehead atoms. The zero-order chi connectivity index (χ0) is 13.8. The molecule has 0 spiro atoms. The lowest BCUT2D eigenvalue weighted by Crippen LogP contribution is -2.51. The van der Waals surface area contributed by atoms with Crippen LogP contribution in [0.25, 0.3) is 0 Å². The number of carbonyl (C=O) groups is 1. The SMILES string of the molecule is CC(C)C(S)C(=O)N1CCN(c2ccccc2)CC1. The summed E-state index contributed by atoms with van der Waals surface area (Å²) in [5.41, 5.74) is 1.24. The minimum absolute atomic E-state index is 0.172. The Morgan fingerprint density at radius 2 is 1.68 bits per heavy atom. The summed E-state index contributed by atoms with van der Waals surface area (Å²) in [5.74, 6) is 0.453. The molecule has 3 nitrogen and oxygen atoms in total. The van der Waals surface area contributed by atoms with Gasteiger partial charge in [0.15, 0.2) is 0 Å². The lowest BCUT2D eigenvalue weighted by molar-refractivity contribution is -0.131. The van der Waals surface area contributed by atoms with E-state index in [-0.39, 0.29) is 17.1 Å². The number of hydrogen-bond acceptors (Lipinski definition) is 3. The third-order valence-electron chi connectivity index (χ3n) is 3.60. The molecule has 1 aliphatic rings. The lowest BCUT2D eigenvalue weighted by Gasteiger charge is -2.37. The number of rotatable bonds is 3. The summed E-state index contributed by atoms with van der Waals surface area (Å²) in [7, 11) is 0. The van der Waals surface area contributed by atoms with Crippen LogP contribution in [0.3, 0.4) is 0 Å². The molecule has 1 saturated heterocycles. The van der Waals surface area contributed by atoms with E-state index in [4.69, 9.17) is 0 Å². The number of hydrogen-bond donors (Lipinski definition) is 1. The summed E-state index contributed by atoms with van der Waals surface area (Å²) in [4.78, 5) is 16.5. The molecule has 2 rings (SSSR count). The van der Waals surface area contributed by atoms with E-state index in [0.717, 1.165) is 26.2 Å². The number of carbonyl (C=O) groups excluding carboxylic acids is 1. The molecular formula is C15H22N2OS. The molecule has 1 fully saturated rings. The van der Waals surface area contributed by atoms with Crippen LogP contribution in [0.1, 0.15) is 13.8 Å². The maximum atomic E-state index is 12.2. The van der Waals surface area contributed by atoms with E-state index in [1.807, 2.05) is 24.8 Å². The molecular weight excluding hydrogens is 256 g/mol. The summed E-state index contributed by atoms with van der Waals surface area (Å²) in [6.07, 6.45) is 0. The van der Waals surface area contributed by atoms with Gasteiger partial charge >= 0.3 is 0 Å². The molecule has 1 atom stereocenters. The van der Waals surface area contributed by atoms with Crippen molar-refractivity contribution < 1.29 is 4.79 Å². The van der Waals surface area contributed by atoms with Gasteiger partial charge in [0.05, 0.1) is 5.25 Å². The fourth-order valence-corrected chi connectivity index (χ4v) is 2.46. The van der Waals surface area contributed by atoms with Gasteiger partial charge in [-0.25, -0.2) is 0 Å². The van der Waals surface area contributed by atoms with Gasteiger partial charge in [0.25, 0.3) is 0 Å². The van der Waals surface area contributed by atoms with Crippen molar-refractivity contribution in [3.05, 3.63) is 30.3 Å². The van der Waals surface area contributed by atoms with Gasteiger partial charge in [0.2, 0.25) is 5.91 Å².